The number of benzene rings is 1. The Labute approximate surface area is 185 Å². The first-order valence-electron chi connectivity index (χ1n) is 9.22. The molecule has 0 unspecified atom stereocenters. The summed E-state index contributed by atoms with van der Waals surface area (Å²) in [5.41, 5.74) is 1.10. The molecule has 0 aliphatic rings. The fourth-order valence-electron chi connectivity index (χ4n) is 3.05. The van der Waals surface area contributed by atoms with Crippen LogP contribution in [-0.2, 0) is 6.42 Å². The quantitative estimate of drug-likeness (QED) is 0.339. The zero-order valence-corrected chi connectivity index (χ0v) is 17.8. The number of tetrazole rings is 1. The Morgan fingerprint density at radius 2 is 2.00 bits per heavy atom. The van der Waals surface area contributed by atoms with Crippen molar-refractivity contribution in [2.45, 2.75) is 12.8 Å². The summed E-state index contributed by atoms with van der Waals surface area (Å²) in [5, 5.41) is 18.2. The van der Waals surface area contributed by atoms with Gasteiger partial charge in [0.05, 0.1) is 40.7 Å². The third kappa shape index (κ3) is 4.54. The minimum atomic E-state index is -0.332. The number of hydrogen-bond acceptors (Lipinski definition) is 8. The van der Waals surface area contributed by atoms with Gasteiger partial charge in [0, 0.05) is 30.3 Å². The number of anilines is 2. The van der Waals surface area contributed by atoms with Crippen LogP contribution in [0.2, 0.25) is 10.0 Å². The van der Waals surface area contributed by atoms with Crippen LogP contribution in [0, 0.1) is 0 Å². The van der Waals surface area contributed by atoms with E-state index in [1.54, 1.807) is 6.07 Å². The van der Waals surface area contributed by atoms with Gasteiger partial charge in [-0.2, -0.15) is 5.21 Å². The predicted octanol–water partition coefficient (Wildman–Crippen LogP) is 3.51. The molecule has 1 aromatic carbocycles. The summed E-state index contributed by atoms with van der Waals surface area (Å²) in [6.45, 7) is 0.353. The topological polar surface area (TPSA) is 131 Å². The van der Waals surface area contributed by atoms with Crippen molar-refractivity contribution in [3.63, 3.8) is 0 Å². The smallest absolute Gasteiger partial charge is 0.250 e. The number of halogens is 2. The van der Waals surface area contributed by atoms with Gasteiger partial charge in [-0.1, -0.05) is 28.4 Å². The maximum Gasteiger partial charge on any atom is 0.250 e. The lowest BCUT2D eigenvalue weighted by Gasteiger charge is -2.16. The standard InChI is InChI=1S/C19H17Cl2N7O3/c1-30-14-5-4-10-13(23-18-11(20)8-22-9-12(18)21)7-16(29)24-17(10)19(14)31-6-2-3-15-25-27-28-26-15/h4-5,7-9H,2-3,6H2,1H3,(H2,22,23,24,29)(H,25,26,27,28). The van der Waals surface area contributed by atoms with Crippen molar-refractivity contribution >= 4 is 45.5 Å². The SMILES string of the molecule is COc1ccc2c(Nc3c(Cl)cncc3Cl)cc(=O)[nH]c2c1OCCCc1nn[nH]n1. The molecule has 4 rings (SSSR count). The minimum absolute atomic E-state index is 0.326. The third-order valence-electron chi connectivity index (χ3n) is 4.45. The molecular weight excluding hydrogens is 445 g/mol. The summed E-state index contributed by atoms with van der Waals surface area (Å²) >= 11 is 12.4. The molecule has 0 fully saturated rings. The Hall–Kier alpha value is -3.37. The van der Waals surface area contributed by atoms with E-state index in [-0.39, 0.29) is 5.56 Å². The van der Waals surface area contributed by atoms with Gasteiger partial charge in [0.25, 0.3) is 5.56 Å². The third-order valence-corrected chi connectivity index (χ3v) is 5.02. The van der Waals surface area contributed by atoms with E-state index in [1.807, 2.05) is 6.07 Å². The number of ether oxygens (including phenoxy) is 2. The van der Waals surface area contributed by atoms with E-state index in [2.05, 4.69) is 35.9 Å². The van der Waals surface area contributed by atoms with Crippen LogP contribution < -0.4 is 20.3 Å². The number of aryl methyl sites for hydroxylation is 1. The molecule has 10 nitrogen and oxygen atoms in total. The van der Waals surface area contributed by atoms with E-state index in [0.717, 1.165) is 0 Å². The molecule has 160 valence electrons. The molecule has 31 heavy (non-hydrogen) atoms. The van der Waals surface area contributed by atoms with Crippen molar-refractivity contribution in [2.75, 3.05) is 19.0 Å². The lowest BCUT2D eigenvalue weighted by atomic mass is 10.1. The Bertz CT molecular complexity index is 1240. The Kier molecular flexibility index (Phi) is 6.19. The Morgan fingerprint density at radius 1 is 1.19 bits per heavy atom. The van der Waals surface area contributed by atoms with Gasteiger partial charge in [-0.3, -0.25) is 9.78 Å². The van der Waals surface area contributed by atoms with Gasteiger partial charge in [0.2, 0.25) is 0 Å². The van der Waals surface area contributed by atoms with Gasteiger partial charge in [0.1, 0.15) is 0 Å². The molecule has 0 radical (unpaired) electrons. The number of H-pyrrole nitrogens is 2. The highest BCUT2D eigenvalue weighted by Gasteiger charge is 2.16. The van der Waals surface area contributed by atoms with E-state index in [9.17, 15) is 4.79 Å². The van der Waals surface area contributed by atoms with Crippen LogP contribution in [0.3, 0.4) is 0 Å². The van der Waals surface area contributed by atoms with Crippen molar-refractivity contribution in [2.24, 2.45) is 0 Å². The summed E-state index contributed by atoms with van der Waals surface area (Å²) in [6.07, 6.45) is 4.16. The molecule has 3 N–H and O–H groups in total. The first-order chi connectivity index (χ1) is 15.1. The van der Waals surface area contributed by atoms with Crippen molar-refractivity contribution in [3.8, 4) is 11.5 Å². The molecule has 0 aliphatic heterocycles. The lowest BCUT2D eigenvalue weighted by Crippen LogP contribution is -2.09. The van der Waals surface area contributed by atoms with Crippen molar-refractivity contribution in [3.05, 3.63) is 56.8 Å². The van der Waals surface area contributed by atoms with Gasteiger partial charge in [-0.15, -0.1) is 10.2 Å². The average molecular weight is 462 g/mol. The predicted molar refractivity (Wildman–Crippen MR) is 117 cm³/mol. The van der Waals surface area contributed by atoms with E-state index in [0.29, 0.717) is 69.1 Å². The van der Waals surface area contributed by atoms with Gasteiger partial charge >= 0.3 is 0 Å². The number of rotatable bonds is 8. The van der Waals surface area contributed by atoms with Crippen LogP contribution in [0.1, 0.15) is 12.2 Å². The number of hydrogen-bond donors (Lipinski definition) is 3. The molecule has 0 saturated carbocycles. The number of aromatic amines is 2. The van der Waals surface area contributed by atoms with E-state index < -0.39 is 0 Å². The highest BCUT2D eigenvalue weighted by atomic mass is 35.5. The molecule has 4 aromatic rings. The van der Waals surface area contributed by atoms with Crippen molar-refractivity contribution < 1.29 is 9.47 Å². The van der Waals surface area contributed by atoms with Gasteiger partial charge in [-0.05, 0) is 18.6 Å². The van der Waals surface area contributed by atoms with Crippen LogP contribution in [0.4, 0.5) is 11.4 Å². The molecule has 12 heteroatoms. The second kappa shape index (κ2) is 9.19. The maximum absolute atomic E-state index is 12.4. The van der Waals surface area contributed by atoms with Crippen LogP contribution in [0.25, 0.3) is 10.9 Å². The Morgan fingerprint density at radius 3 is 2.71 bits per heavy atom. The molecule has 0 aliphatic carbocycles. The zero-order valence-electron chi connectivity index (χ0n) is 16.3. The van der Waals surface area contributed by atoms with E-state index in [4.69, 9.17) is 32.7 Å². The number of pyridine rings is 2. The van der Waals surface area contributed by atoms with Gasteiger partial charge in [-0.25, -0.2) is 0 Å². The fraction of sp³-hybridized carbons (Fsp3) is 0.211. The molecule has 0 saturated heterocycles. The highest BCUT2D eigenvalue weighted by molar-refractivity contribution is 6.39. The summed E-state index contributed by atoms with van der Waals surface area (Å²) in [6, 6.07) is 4.99. The lowest BCUT2D eigenvalue weighted by molar-refractivity contribution is 0.292. The van der Waals surface area contributed by atoms with Crippen LogP contribution in [-0.4, -0.2) is 44.3 Å². The molecule has 0 atom stereocenters. The molecule has 0 bridgehead atoms. The molecule has 3 heterocycles. The van der Waals surface area contributed by atoms with Crippen LogP contribution >= 0.6 is 23.2 Å². The second-order valence-corrected chi connectivity index (χ2v) is 7.26. The highest BCUT2D eigenvalue weighted by Crippen LogP contribution is 2.39. The fourth-order valence-corrected chi connectivity index (χ4v) is 3.51. The van der Waals surface area contributed by atoms with Crippen molar-refractivity contribution in [1.82, 2.24) is 30.6 Å². The molecular formula is C19H17Cl2N7O3. The number of nitrogens with zero attached hydrogens (tertiary/aromatic N) is 4. The zero-order chi connectivity index (χ0) is 21.8. The maximum atomic E-state index is 12.4. The summed E-state index contributed by atoms with van der Waals surface area (Å²) in [7, 11) is 1.53. The van der Waals surface area contributed by atoms with Crippen LogP contribution in [0.5, 0.6) is 11.5 Å². The number of methoxy groups -OCH3 is 1. The number of fused-ring (bicyclic) bond motifs is 1. The first kappa shape index (κ1) is 20.9. The largest absolute Gasteiger partial charge is 0.493 e. The normalized spacial score (nSPS) is 10.9. The van der Waals surface area contributed by atoms with Crippen LogP contribution in [0.15, 0.2) is 35.4 Å². The monoisotopic (exact) mass is 461 g/mol. The number of aromatic nitrogens is 6. The van der Waals surface area contributed by atoms with Gasteiger partial charge in [0.15, 0.2) is 17.3 Å². The first-order valence-corrected chi connectivity index (χ1v) is 9.97. The number of nitrogens with one attached hydrogen (secondary N) is 3. The molecule has 0 amide bonds. The Balaban J connectivity index is 1.68. The second-order valence-electron chi connectivity index (χ2n) is 6.45. The van der Waals surface area contributed by atoms with Crippen molar-refractivity contribution in [1.29, 1.82) is 0 Å². The molecule has 0 spiro atoms. The average Bonchev–Trinajstić information content (AvgIpc) is 3.27. The van der Waals surface area contributed by atoms with E-state index in [1.165, 1.54) is 25.6 Å². The van der Waals surface area contributed by atoms with Gasteiger partial charge < -0.3 is 19.8 Å². The van der Waals surface area contributed by atoms with E-state index >= 15 is 0 Å². The molecule has 3 aromatic heterocycles. The minimum Gasteiger partial charge on any atom is -0.493 e. The summed E-state index contributed by atoms with van der Waals surface area (Å²) in [4.78, 5) is 19.2. The summed E-state index contributed by atoms with van der Waals surface area (Å²) in [5.74, 6) is 1.50. The summed E-state index contributed by atoms with van der Waals surface area (Å²) < 4.78 is 11.4.